The van der Waals surface area contributed by atoms with E-state index in [2.05, 4.69) is 42.6 Å². The number of aliphatic hydroxyl groups excluding tert-OH is 5. The fourth-order valence-electron chi connectivity index (χ4n) is 8.35. The largest absolute Gasteiger partial charge is 0.466 e. The number of carbonyl (C=O) groups is 2. The van der Waals surface area contributed by atoms with E-state index in [4.69, 9.17) is 14.2 Å². The van der Waals surface area contributed by atoms with Crippen LogP contribution in [0.5, 0.6) is 0 Å². The minimum absolute atomic E-state index is 0.0209. The van der Waals surface area contributed by atoms with Gasteiger partial charge in [-0.3, -0.25) is 9.59 Å². The van der Waals surface area contributed by atoms with E-state index in [-0.39, 0.29) is 18.5 Å². The number of amides is 1. The van der Waals surface area contributed by atoms with Crippen LogP contribution in [0.25, 0.3) is 0 Å². The first-order valence-corrected chi connectivity index (χ1v) is 27.4. The van der Waals surface area contributed by atoms with E-state index < -0.39 is 49.5 Å². The lowest BCUT2D eigenvalue weighted by molar-refractivity contribution is -0.302. The second-order valence-electron chi connectivity index (χ2n) is 18.9. The highest BCUT2D eigenvalue weighted by Crippen LogP contribution is 2.23. The Morgan fingerprint density at radius 3 is 1.57 bits per heavy atom. The van der Waals surface area contributed by atoms with Crippen molar-refractivity contribution in [3.63, 3.8) is 0 Å². The molecule has 11 nitrogen and oxygen atoms in total. The van der Waals surface area contributed by atoms with Crippen LogP contribution in [0.2, 0.25) is 0 Å². The van der Waals surface area contributed by atoms with Crippen LogP contribution in [0.3, 0.4) is 0 Å². The van der Waals surface area contributed by atoms with E-state index >= 15 is 0 Å². The van der Waals surface area contributed by atoms with Crippen molar-refractivity contribution >= 4 is 11.9 Å². The van der Waals surface area contributed by atoms with Gasteiger partial charge < -0.3 is 45.1 Å². The molecule has 7 unspecified atom stereocenters. The third-order valence-electron chi connectivity index (χ3n) is 12.7. The minimum Gasteiger partial charge on any atom is -0.466 e. The molecule has 390 valence electrons. The molecule has 11 heteroatoms. The molecule has 0 aromatic heterocycles. The molecule has 1 rings (SSSR count). The number of hydrogen-bond donors (Lipinski definition) is 6. The lowest BCUT2D eigenvalue weighted by Crippen LogP contribution is -2.60. The molecule has 0 bridgehead atoms. The van der Waals surface area contributed by atoms with Gasteiger partial charge in [-0.15, -0.1) is 0 Å². The van der Waals surface area contributed by atoms with E-state index in [9.17, 15) is 35.1 Å². The molecular formula is C56H101NO10. The standard InChI is InChI=1S/C56H101NO10/c1-3-5-7-9-11-13-14-15-21-24-28-32-36-40-44-52(61)65-45-41-37-33-29-25-22-19-17-16-18-20-23-27-31-35-39-43-51(60)57-48(49(59)42-38-34-30-26-12-10-8-6-4-2)47-66-56-55(64)54(63)53(62)50(46-58)67-56/h4,6,12,16,18,26,38,42,48-50,53-56,58-59,62-64H,3,5,7-11,13-15,17,19-25,27-37,39-41,43-47H2,1-2H3,(H,57,60)/b6-4+,18-16-,26-12+,42-38+. The Labute approximate surface area is 408 Å². The van der Waals surface area contributed by atoms with Crippen molar-refractivity contribution in [2.75, 3.05) is 19.8 Å². The third-order valence-corrected chi connectivity index (χ3v) is 12.7. The number of nitrogens with one attached hydrogen (secondary N) is 1. The summed E-state index contributed by atoms with van der Waals surface area (Å²) in [6.45, 7) is 4.04. The van der Waals surface area contributed by atoms with E-state index in [1.165, 1.54) is 109 Å². The van der Waals surface area contributed by atoms with Gasteiger partial charge in [-0.25, -0.2) is 0 Å². The van der Waals surface area contributed by atoms with Crippen LogP contribution in [0, 0.1) is 0 Å². The van der Waals surface area contributed by atoms with Gasteiger partial charge in [0.1, 0.15) is 24.4 Å². The van der Waals surface area contributed by atoms with Gasteiger partial charge in [-0.1, -0.05) is 190 Å². The quantitative estimate of drug-likeness (QED) is 0.0196. The SMILES string of the molecule is C/C=C/CC/C=C/CC/C=C/C(O)C(COC1OC(CO)C(O)C(O)C1O)NC(=O)CCCCCCC/C=C\CCCCCCCCCOC(=O)CCCCCCCCCCCCCCCC. The van der Waals surface area contributed by atoms with Crippen molar-refractivity contribution in [1.82, 2.24) is 5.32 Å². The van der Waals surface area contributed by atoms with Crippen molar-refractivity contribution in [3.8, 4) is 0 Å². The van der Waals surface area contributed by atoms with Crippen molar-refractivity contribution in [2.24, 2.45) is 0 Å². The summed E-state index contributed by atoms with van der Waals surface area (Å²) in [6, 6.07) is -0.845. The fraction of sp³-hybridized carbons (Fsp3) is 0.821. The van der Waals surface area contributed by atoms with Gasteiger partial charge in [0, 0.05) is 12.8 Å². The van der Waals surface area contributed by atoms with E-state index in [0.717, 1.165) is 89.9 Å². The molecule has 1 amide bonds. The van der Waals surface area contributed by atoms with Gasteiger partial charge in [0.2, 0.25) is 5.91 Å². The zero-order chi connectivity index (χ0) is 48.8. The van der Waals surface area contributed by atoms with E-state index in [1.54, 1.807) is 6.08 Å². The summed E-state index contributed by atoms with van der Waals surface area (Å²) in [5, 5.41) is 54.0. The van der Waals surface area contributed by atoms with Crippen molar-refractivity contribution in [2.45, 2.75) is 275 Å². The van der Waals surface area contributed by atoms with Gasteiger partial charge in [0.25, 0.3) is 0 Å². The number of rotatable bonds is 46. The molecule has 0 aromatic rings. The second-order valence-corrected chi connectivity index (χ2v) is 18.9. The van der Waals surface area contributed by atoms with Crippen LogP contribution in [0.1, 0.15) is 232 Å². The topological polar surface area (TPSA) is 175 Å². The molecule has 0 radical (unpaired) electrons. The number of esters is 1. The van der Waals surface area contributed by atoms with Gasteiger partial charge >= 0.3 is 5.97 Å². The molecule has 1 aliphatic heterocycles. The first kappa shape index (κ1) is 62.6. The van der Waals surface area contributed by atoms with Crippen molar-refractivity contribution in [1.29, 1.82) is 0 Å². The molecule has 1 heterocycles. The van der Waals surface area contributed by atoms with Gasteiger partial charge in [0.05, 0.1) is 32.0 Å². The molecule has 1 aliphatic rings. The van der Waals surface area contributed by atoms with Gasteiger partial charge in [0.15, 0.2) is 6.29 Å². The molecule has 0 aliphatic carbocycles. The Balaban J connectivity index is 2.09. The second kappa shape index (κ2) is 46.0. The molecule has 1 fully saturated rings. The lowest BCUT2D eigenvalue weighted by Gasteiger charge is -2.40. The van der Waals surface area contributed by atoms with Crippen molar-refractivity contribution in [3.05, 3.63) is 48.6 Å². The third kappa shape index (κ3) is 36.3. The molecule has 7 atom stereocenters. The van der Waals surface area contributed by atoms with Crippen LogP contribution >= 0.6 is 0 Å². The number of ether oxygens (including phenoxy) is 3. The maximum atomic E-state index is 12.9. The highest BCUT2D eigenvalue weighted by molar-refractivity contribution is 5.76. The maximum absolute atomic E-state index is 12.9. The molecule has 0 spiro atoms. The number of carbonyl (C=O) groups excluding carboxylic acids is 2. The summed E-state index contributed by atoms with van der Waals surface area (Å²) in [5.41, 5.74) is 0. The Kier molecular flexibility index (Phi) is 43.0. The molecular weight excluding hydrogens is 847 g/mol. The maximum Gasteiger partial charge on any atom is 0.305 e. The first-order valence-electron chi connectivity index (χ1n) is 27.4. The lowest BCUT2D eigenvalue weighted by atomic mass is 9.99. The van der Waals surface area contributed by atoms with E-state index in [0.29, 0.717) is 25.9 Å². The Morgan fingerprint density at radius 1 is 0.567 bits per heavy atom. The average Bonchev–Trinajstić information content (AvgIpc) is 3.32. The minimum atomic E-state index is -1.59. The molecule has 6 N–H and O–H groups in total. The predicted molar refractivity (Wildman–Crippen MR) is 274 cm³/mol. The van der Waals surface area contributed by atoms with Crippen molar-refractivity contribution < 1.29 is 49.3 Å². The zero-order valence-electron chi connectivity index (χ0n) is 42.6. The van der Waals surface area contributed by atoms with Gasteiger partial charge in [-0.05, 0) is 77.6 Å². The Hall–Kier alpha value is -2.38. The molecule has 67 heavy (non-hydrogen) atoms. The van der Waals surface area contributed by atoms with Crippen LogP contribution in [0.4, 0.5) is 0 Å². The average molecular weight is 948 g/mol. The normalized spacial score (nSPS) is 19.9. The summed E-state index contributed by atoms with van der Waals surface area (Å²) in [6.07, 6.45) is 46.5. The fourth-order valence-corrected chi connectivity index (χ4v) is 8.35. The Morgan fingerprint density at radius 2 is 1.03 bits per heavy atom. The summed E-state index contributed by atoms with van der Waals surface area (Å²) >= 11 is 0. The van der Waals surface area contributed by atoms with Crippen LogP contribution in [-0.4, -0.2) is 100 Å². The highest BCUT2D eigenvalue weighted by atomic mass is 16.7. The highest BCUT2D eigenvalue weighted by Gasteiger charge is 2.44. The summed E-state index contributed by atoms with van der Waals surface area (Å²) in [7, 11) is 0. The zero-order valence-corrected chi connectivity index (χ0v) is 42.6. The van der Waals surface area contributed by atoms with E-state index in [1.807, 2.05) is 19.1 Å². The first-order chi connectivity index (χ1) is 32.7. The Bertz CT molecular complexity index is 1250. The number of aliphatic hydroxyl groups is 5. The monoisotopic (exact) mass is 948 g/mol. The molecule has 0 saturated carbocycles. The summed E-state index contributed by atoms with van der Waals surface area (Å²) < 4.78 is 16.6. The molecule has 1 saturated heterocycles. The number of unbranched alkanes of at least 4 members (excludes halogenated alkanes) is 27. The smallest absolute Gasteiger partial charge is 0.305 e. The summed E-state index contributed by atoms with van der Waals surface area (Å²) in [5.74, 6) is -0.238. The molecule has 0 aromatic carbocycles. The number of allylic oxidation sites excluding steroid dienone is 7. The predicted octanol–water partition coefficient (Wildman–Crippen LogP) is 11.7. The number of hydrogen-bond acceptors (Lipinski definition) is 10. The van der Waals surface area contributed by atoms with Crippen LogP contribution in [0.15, 0.2) is 48.6 Å². The van der Waals surface area contributed by atoms with Crippen LogP contribution < -0.4 is 5.32 Å². The summed E-state index contributed by atoms with van der Waals surface area (Å²) in [4.78, 5) is 25.0. The van der Waals surface area contributed by atoms with Crippen LogP contribution in [-0.2, 0) is 23.8 Å². The van der Waals surface area contributed by atoms with Gasteiger partial charge in [-0.2, -0.15) is 0 Å².